The summed E-state index contributed by atoms with van der Waals surface area (Å²) in [6.45, 7) is 0. The maximum Gasteiger partial charge on any atom is 0.137 e. The third-order valence-electron chi connectivity index (χ3n) is 9.27. The molecule has 50 heavy (non-hydrogen) atoms. The third-order valence-corrected chi connectivity index (χ3v) is 9.27. The fourth-order valence-corrected chi connectivity index (χ4v) is 7.07. The van der Waals surface area contributed by atoms with Crippen LogP contribution in [0.5, 0.6) is 0 Å². The average molecular weight is 641 g/mol. The summed E-state index contributed by atoms with van der Waals surface area (Å²) in [6.07, 6.45) is 3.71. The lowest BCUT2D eigenvalue weighted by Crippen LogP contribution is -2.11. The standard InChI is InChI=1S/C46H32N4/c1-3-16-34(17-4-1)45-40-28-27-38(32-43(40)50(44-26-10-12-30-48-44)46(45)35-18-5-2-6-19-35)49(42-25-14-20-33-15-7-8-23-39(33)42)37-22-13-21-36(31-37)41-24-9-11-29-47-41/h1-32H. The highest BCUT2D eigenvalue weighted by molar-refractivity contribution is 6.08. The number of rotatable bonds is 7. The lowest BCUT2D eigenvalue weighted by atomic mass is 9.98. The van der Waals surface area contributed by atoms with Crippen molar-refractivity contribution in [2.24, 2.45) is 0 Å². The first kappa shape index (κ1) is 29.4. The molecule has 0 aliphatic rings. The van der Waals surface area contributed by atoms with Gasteiger partial charge in [0.05, 0.1) is 22.6 Å². The molecule has 0 aliphatic heterocycles. The minimum absolute atomic E-state index is 0.865. The van der Waals surface area contributed by atoms with E-state index in [-0.39, 0.29) is 0 Å². The van der Waals surface area contributed by atoms with Crippen LogP contribution in [-0.2, 0) is 0 Å². The number of fused-ring (bicyclic) bond motifs is 2. The number of aromatic nitrogens is 3. The van der Waals surface area contributed by atoms with Crippen LogP contribution in [0.3, 0.4) is 0 Å². The zero-order valence-electron chi connectivity index (χ0n) is 27.3. The van der Waals surface area contributed by atoms with Gasteiger partial charge in [0.1, 0.15) is 5.82 Å². The van der Waals surface area contributed by atoms with Crippen molar-refractivity contribution >= 4 is 38.7 Å². The summed E-state index contributed by atoms with van der Waals surface area (Å²) in [7, 11) is 0. The molecule has 0 radical (unpaired) electrons. The minimum atomic E-state index is 0.865. The van der Waals surface area contributed by atoms with Crippen LogP contribution in [0, 0.1) is 0 Å². The van der Waals surface area contributed by atoms with Crippen molar-refractivity contribution in [3.63, 3.8) is 0 Å². The predicted molar refractivity (Wildman–Crippen MR) is 207 cm³/mol. The van der Waals surface area contributed by atoms with Gasteiger partial charge in [0.2, 0.25) is 0 Å². The van der Waals surface area contributed by atoms with Crippen molar-refractivity contribution in [2.75, 3.05) is 4.90 Å². The van der Waals surface area contributed by atoms with Crippen LogP contribution >= 0.6 is 0 Å². The summed E-state index contributed by atoms with van der Waals surface area (Å²) >= 11 is 0. The van der Waals surface area contributed by atoms with Gasteiger partial charge in [-0.1, -0.05) is 127 Å². The normalized spacial score (nSPS) is 11.2. The van der Waals surface area contributed by atoms with Crippen LogP contribution in [0.25, 0.3) is 61.1 Å². The highest BCUT2D eigenvalue weighted by Crippen LogP contribution is 2.46. The minimum Gasteiger partial charge on any atom is -0.310 e. The van der Waals surface area contributed by atoms with Crippen molar-refractivity contribution in [1.82, 2.24) is 14.5 Å². The maximum absolute atomic E-state index is 4.91. The van der Waals surface area contributed by atoms with E-state index in [2.05, 4.69) is 178 Å². The lowest BCUT2D eigenvalue weighted by molar-refractivity contribution is 1.05. The Hall–Kier alpha value is -6.78. The summed E-state index contributed by atoms with van der Waals surface area (Å²) < 4.78 is 2.32. The van der Waals surface area contributed by atoms with Crippen molar-refractivity contribution in [3.8, 4) is 39.5 Å². The van der Waals surface area contributed by atoms with Gasteiger partial charge in [-0.25, -0.2) is 4.98 Å². The van der Waals surface area contributed by atoms with Gasteiger partial charge >= 0.3 is 0 Å². The van der Waals surface area contributed by atoms with Crippen molar-refractivity contribution in [3.05, 3.63) is 194 Å². The number of pyridine rings is 2. The lowest BCUT2D eigenvalue weighted by Gasteiger charge is -2.27. The molecule has 9 rings (SSSR count). The molecular formula is C46H32N4. The van der Waals surface area contributed by atoms with Crippen LogP contribution in [0.1, 0.15) is 0 Å². The van der Waals surface area contributed by atoms with Gasteiger partial charge in [0.15, 0.2) is 0 Å². The first-order chi connectivity index (χ1) is 24.8. The SMILES string of the molecule is c1ccc(-c2c(-c3ccccc3)n(-c3ccccn3)c3cc(N(c4cccc(-c5ccccn5)c4)c4cccc5ccccc45)ccc23)cc1. The summed E-state index contributed by atoms with van der Waals surface area (Å²) in [5, 5.41) is 3.52. The topological polar surface area (TPSA) is 34.0 Å². The molecule has 0 saturated heterocycles. The zero-order valence-corrected chi connectivity index (χ0v) is 27.3. The van der Waals surface area contributed by atoms with E-state index in [0.717, 1.165) is 61.9 Å². The van der Waals surface area contributed by atoms with Crippen molar-refractivity contribution < 1.29 is 0 Å². The molecule has 0 bridgehead atoms. The second-order valence-corrected chi connectivity index (χ2v) is 12.3. The molecule has 4 nitrogen and oxygen atoms in total. The molecule has 3 heterocycles. The Morgan fingerprint density at radius 1 is 0.440 bits per heavy atom. The Labute approximate surface area is 291 Å². The number of hydrogen-bond donors (Lipinski definition) is 0. The molecule has 4 heteroatoms. The van der Waals surface area contributed by atoms with E-state index in [9.17, 15) is 0 Å². The second kappa shape index (κ2) is 12.7. The highest BCUT2D eigenvalue weighted by atomic mass is 15.1. The summed E-state index contributed by atoms with van der Waals surface area (Å²) in [4.78, 5) is 12.0. The maximum atomic E-state index is 4.91. The molecule has 0 saturated carbocycles. The van der Waals surface area contributed by atoms with Crippen LogP contribution in [-0.4, -0.2) is 14.5 Å². The van der Waals surface area contributed by atoms with E-state index in [0.29, 0.717) is 0 Å². The van der Waals surface area contributed by atoms with Gasteiger partial charge in [-0.05, 0) is 71.1 Å². The number of hydrogen-bond acceptors (Lipinski definition) is 3. The van der Waals surface area contributed by atoms with E-state index >= 15 is 0 Å². The Morgan fingerprint density at radius 2 is 1.10 bits per heavy atom. The van der Waals surface area contributed by atoms with Crippen molar-refractivity contribution in [2.45, 2.75) is 0 Å². The quantitative estimate of drug-likeness (QED) is 0.174. The highest BCUT2D eigenvalue weighted by Gasteiger charge is 2.24. The molecule has 0 atom stereocenters. The molecule has 0 fully saturated rings. The molecular weight excluding hydrogens is 609 g/mol. The molecule has 6 aromatic carbocycles. The van der Waals surface area contributed by atoms with E-state index < -0.39 is 0 Å². The smallest absolute Gasteiger partial charge is 0.137 e. The fraction of sp³-hybridized carbons (Fsp3) is 0. The Morgan fingerprint density at radius 3 is 1.88 bits per heavy atom. The summed E-state index contributed by atoms with van der Waals surface area (Å²) in [6, 6.07) is 64.1. The molecule has 9 aromatic rings. The van der Waals surface area contributed by atoms with Crippen LogP contribution in [0.15, 0.2) is 194 Å². The van der Waals surface area contributed by atoms with Crippen molar-refractivity contribution in [1.29, 1.82) is 0 Å². The largest absolute Gasteiger partial charge is 0.310 e. The zero-order chi connectivity index (χ0) is 33.3. The third kappa shape index (κ3) is 5.20. The van der Waals surface area contributed by atoms with Gasteiger partial charge in [0.25, 0.3) is 0 Å². The second-order valence-electron chi connectivity index (χ2n) is 12.3. The van der Waals surface area contributed by atoms with E-state index in [4.69, 9.17) is 4.98 Å². The summed E-state index contributed by atoms with van der Waals surface area (Å²) in [5.74, 6) is 0.865. The van der Waals surface area contributed by atoms with E-state index in [1.807, 2.05) is 30.6 Å². The molecule has 3 aromatic heterocycles. The van der Waals surface area contributed by atoms with Gasteiger partial charge in [-0.2, -0.15) is 0 Å². The number of nitrogens with zero attached hydrogens (tertiary/aromatic N) is 4. The first-order valence-corrected chi connectivity index (χ1v) is 16.8. The van der Waals surface area contributed by atoms with E-state index in [1.54, 1.807) is 0 Å². The van der Waals surface area contributed by atoms with E-state index in [1.165, 1.54) is 16.3 Å². The fourth-order valence-electron chi connectivity index (χ4n) is 7.07. The van der Waals surface area contributed by atoms with Gasteiger partial charge in [0, 0.05) is 45.7 Å². The van der Waals surface area contributed by atoms with Crippen LogP contribution in [0.4, 0.5) is 17.1 Å². The Bertz CT molecular complexity index is 2570. The number of anilines is 3. The molecule has 0 N–H and O–H groups in total. The van der Waals surface area contributed by atoms with Gasteiger partial charge in [-0.15, -0.1) is 0 Å². The Kier molecular flexibility index (Phi) is 7.45. The van der Waals surface area contributed by atoms with Gasteiger partial charge in [-0.3, -0.25) is 9.55 Å². The average Bonchev–Trinajstić information content (AvgIpc) is 3.54. The van der Waals surface area contributed by atoms with Gasteiger partial charge < -0.3 is 4.90 Å². The molecule has 0 unspecified atom stereocenters. The monoisotopic (exact) mass is 640 g/mol. The van der Waals surface area contributed by atoms with Crippen LogP contribution < -0.4 is 4.90 Å². The molecule has 236 valence electrons. The molecule has 0 amide bonds. The summed E-state index contributed by atoms with van der Waals surface area (Å²) in [5.41, 5.74) is 10.8. The first-order valence-electron chi connectivity index (χ1n) is 16.8. The van der Waals surface area contributed by atoms with Crippen LogP contribution in [0.2, 0.25) is 0 Å². The molecule has 0 aliphatic carbocycles. The number of benzene rings is 6. The Balaban J connectivity index is 1.36. The molecule has 0 spiro atoms. The predicted octanol–water partition coefficient (Wildman–Crippen LogP) is 12.0.